The summed E-state index contributed by atoms with van der Waals surface area (Å²) in [5.74, 6) is 0.403. The standard InChI is InChI=1S/C20H25N3O4/c1-3-26-12-13-27-18-10-8-16(9-11-18)22-14-19(24)23-17-6-4-15(5-7-17)20(25)21-2/h4-11,22H,3,12-14H2,1-2H3,(H,21,25)(H,23,24). The van der Waals surface area contributed by atoms with Gasteiger partial charge in [-0.1, -0.05) is 0 Å². The molecule has 0 aliphatic heterocycles. The first-order valence-electron chi connectivity index (χ1n) is 8.79. The normalized spacial score (nSPS) is 10.1. The predicted octanol–water partition coefficient (Wildman–Crippen LogP) is 2.51. The van der Waals surface area contributed by atoms with Gasteiger partial charge in [0.1, 0.15) is 12.4 Å². The monoisotopic (exact) mass is 371 g/mol. The summed E-state index contributed by atoms with van der Waals surface area (Å²) >= 11 is 0. The summed E-state index contributed by atoms with van der Waals surface area (Å²) < 4.78 is 10.8. The molecule has 2 aromatic carbocycles. The highest BCUT2D eigenvalue weighted by Crippen LogP contribution is 2.15. The molecule has 2 aromatic rings. The summed E-state index contributed by atoms with van der Waals surface area (Å²) in [6.07, 6.45) is 0. The Balaban J connectivity index is 1.75. The first kappa shape index (κ1) is 20.3. The lowest BCUT2D eigenvalue weighted by Crippen LogP contribution is -2.22. The summed E-state index contributed by atoms with van der Waals surface area (Å²) in [5.41, 5.74) is 1.99. The van der Waals surface area contributed by atoms with Crippen molar-refractivity contribution in [3.05, 3.63) is 54.1 Å². The minimum absolute atomic E-state index is 0.127. The third kappa shape index (κ3) is 6.99. The molecule has 0 saturated carbocycles. The number of carbonyl (C=O) groups excluding carboxylic acids is 2. The van der Waals surface area contributed by atoms with Crippen LogP contribution < -0.4 is 20.7 Å². The van der Waals surface area contributed by atoms with Gasteiger partial charge in [-0.25, -0.2) is 0 Å². The van der Waals surface area contributed by atoms with Crippen molar-refractivity contribution in [3.63, 3.8) is 0 Å². The molecular formula is C20H25N3O4. The van der Waals surface area contributed by atoms with Gasteiger partial charge in [0.25, 0.3) is 5.91 Å². The molecule has 2 rings (SSSR count). The Morgan fingerprint density at radius 1 is 0.926 bits per heavy atom. The van der Waals surface area contributed by atoms with Gasteiger partial charge in [-0.2, -0.15) is 0 Å². The SMILES string of the molecule is CCOCCOc1ccc(NCC(=O)Nc2ccc(C(=O)NC)cc2)cc1. The first-order valence-corrected chi connectivity index (χ1v) is 8.79. The topological polar surface area (TPSA) is 88.7 Å². The van der Waals surface area contributed by atoms with Crippen molar-refractivity contribution in [2.24, 2.45) is 0 Å². The molecule has 0 aliphatic carbocycles. The number of hydrogen-bond donors (Lipinski definition) is 3. The molecule has 144 valence electrons. The van der Waals surface area contributed by atoms with E-state index in [0.29, 0.717) is 31.1 Å². The van der Waals surface area contributed by atoms with Gasteiger partial charge in [0.05, 0.1) is 13.2 Å². The smallest absolute Gasteiger partial charge is 0.251 e. The Kier molecular flexibility index (Phi) is 8.12. The second-order valence-electron chi connectivity index (χ2n) is 5.63. The van der Waals surface area contributed by atoms with Crippen LogP contribution in [0, 0.1) is 0 Å². The average Bonchev–Trinajstić information content (AvgIpc) is 2.70. The van der Waals surface area contributed by atoms with Gasteiger partial charge in [0, 0.05) is 30.6 Å². The van der Waals surface area contributed by atoms with Gasteiger partial charge in [0.15, 0.2) is 0 Å². The van der Waals surface area contributed by atoms with Crippen LogP contribution in [0.2, 0.25) is 0 Å². The van der Waals surface area contributed by atoms with Crippen LogP contribution in [0.1, 0.15) is 17.3 Å². The maximum atomic E-state index is 12.0. The highest BCUT2D eigenvalue weighted by molar-refractivity contribution is 5.96. The van der Waals surface area contributed by atoms with E-state index in [4.69, 9.17) is 9.47 Å². The van der Waals surface area contributed by atoms with Crippen molar-refractivity contribution in [1.82, 2.24) is 5.32 Å². The van der Waals surface area contributed by atoms with E-state index in [1.807, 2.05) is 31.2 Å². The van der Waals surface area contributed by atoms with Crippen LogP contribution in [0.3, 0.4) is 0 Å². The molecule has 0 bridgehead atoms. The van der Waals surface area contributed by atoms with E-state index in [1.165, 1.54) is 0 Å². The molecule has 2 amide bonds. The van der Waals surface area contributed by atoms with Gasteiger partial charge in [-0.05, 0) is 55.5 Å². The third-order valence-electron chi connectivity index (χ3n) is 3.67. The number of hydrogen-bond acceptors (Lipinski definition) is 5. The molecule has 7 nitrogen and oxygen atoms in total. The van der Waals surface area contributed by atoms with Crippen LogP contribution in [0.15, 0.2) is 48.5 Å². The maximum absolute atomic E-state index is 12.0. The zero-order chi connectivity index (χ0) is 19.5. The molecule has 0 fully saturated rings. The molecule has 27 heavy (non-hydrogen) atoms. The second kappa shape index (κ2) is 10.8. The van der Waals surface area contributed by atoms with Gasteiger partial charge in [-0.15, -0.1) is 0 Å². The highest BCUT2D eigenvalue weighted by Gasteiger charge is 2.05. The van der Waals surface area contributed by atoms with E-state index < -0.39 is 0 Å². The fourth-order valence-electron chi connectivity index (χ4n) is 2.27. The summed E-state index contributed by atoms with van der Waals surface area (Å²) in [6.45, 7) is 3.80. The number of carbonyl (C=O) groups is 2. The Morgan fingerprint density at radius 3 is 2.22 bits per heavy atom. The van der Waals surface area contributed by atoms with Crippen molar-refractivity contribution >= 4 is 23.2 Å². The molecule has 0 radical (unpaired) electrons. The van der Waals surface area contributed by atoms with E-state index in [1.54, 1.807) is 31.3 Å². The largest absolute Gasteiger partial charge is 0.491 e. The van der Waals surface area contributed by atoms with Crippen LogP contribution in [0.5, 0.6) is 5.75 Å². The summed E-state index contributed by atoms with van der Waals surface area (Å²) in [7, 11) is 1.57. The molecule has 0 saturated heterocycles. The lowest BCUT2D eigenvalue weighted by atomic mass is 10.2. The Hall–Kier alpha value is -3.06. The number of benzene rings is 2. The van der Waals surface area contributed by atoms with Crippen molar-refractivity contribution in [1.29, 1.82) is 0 Å². The first-order chi connectivity index (χ1) is 13.1. The van der Waals surface area contributed by atoms with E-state index in [-0.39, 0.29) is 18.4 Å². The van der Waals surface area contributed by atoms with Crippen LogP contribution in [0.25, 0.3) is 0 Å². The fourth-order valence-corrected chi connectivity index (χ4v) is 2.27. The van der Waals surface area contributed by atoms with E-state index in [9.17, 15) is 9.59 Å². The molecule has 3 N–H and O–H groups in total. The second-order valence-corrected chi connectivity index (χ2v) is 5.63. The van der Waals surface area contributed by atoms with E-state index >= 15 is 0 Å². The number of rotatable bonds is 10. The maximum Gasteiger partial charge on any atom is 0.251 e. The lowest BCUT2D eigenvalue weighted by molar-refractivity contribution is -0.114. The van der Waals surface area contributed by atoms with Crippen molar-refractivity contribution in [2.45, 2.75) is 6.92 Å². The molecule has 0 atom stereocenters. The van der Waals surface area contributed by atoms with Crippen LogP contribution in [-0.2, 0) is 9.53 Å². The quantitative estimate of drug-likeness (QED) is 0.559. The number of nitrogens with one attached hydrogen (secondary N) is 3. The van der Waals surface area contributed by atoms with Crippen LogP contribution >= 0.6 is 0 Å². The Labute approximate surface area is 159 Å². The molecule has 0 aliphatic rings. The highest BCUT2D eigenvalue weighted by atomic mass is 16.5. The van der Waals surface area contributed by atoms with Gasteiger partial charge >= 0.3 is 0 Å². The lowest BCUT2D eigenvalue weighted by Gasteiger charge is -2.10. The van der Waals surface area contributed by atoms with Gasteiger partial charge in [-0.3, -0.25) is 9.59 Å². The zero-order valence-corrected chi connectivity index (χ0v) is 15.6. The average molecular weight is 371 g/mol. The zero-order valence-electron chi connectivity index (χ0n) is 15.6. The Morgan fingerprint density at radius 2 is 1.59 bits per heavy atom. The van der Waals surface area contributed by atoms with Gasteiger partial charge < -0.3 is 25.4 Å². The van der Waals surface area contributed by atoms with E-state index in [2.05, 4.69) is 16.0 Å². The predicted molar refractivity (Wildman–Crippen MR) is 105 cm³/mol. The van der Waals surface area contributed by atoms with Crippen LogP contribution in [0.4, 0.5) is 11.4 Å². The third-order valence-corrected chi connectivity index (χ3v) is 3.67. The van der Waals surface area contributed by atoms with Crippen LogP contribution in [-0.4, -0.2) is 45.2 Å². The Bertz CT molecular complexity index is 730. The molecule has 7 heteroatoms. The minimum Gasteiger partial charge on any atom is -0.491 e. The molecule has 0 unspecified atom stereocenters. The fraction of sp³-hybridized carbons (Fsp3) is 0.300. The van der Waals surface area contributed by atoms with Crippen molar-refractivity contribution < 1.29 is 19.1 Å². The summed E-state index contributed by atoms with van der Waals surface area (Å²) in [4.78, 5) is 23.5. The van der Waals surface area contributed by atoms with Crippen molar-refractivity contribution in [2.75, 3.05) is 44.0 Å². The molecule has 0 heterocycles. The number of amides is 2. The van der Waals surface area contributed by atoms with Crippen molar-refractivity contribution in [3.8, 4) is 5.75 Å². The number of anilines is 2. The molecular weight excluding hydrogens is 346 g/mol. The van der Waals surface area contributed by atoms with E-state index in [0.717, 1.165) is 11.4 Å². The molecule has 0 aromatic heterocycles. The summed E-state index contributed by atoms with van der Waals surface area (Å²) in [6, 6.07) is 14.1. The van der Waals surface area contributed by atoms with Gasteiger partial charge in [0.2, 0.25) is 5.91 Å². The summed E-state index contributed by atoms with van der Waals surface area (Å²) in [5, 5.41) is 8.38. The molecule has 0 spiro atoms. The minimum atomic E-state index is -0.181. The number of ether oxygens (including phenoxy) is 2.